The predicted molar refractivity (Wildman–Crippen MR) is 133 cm³/mol. The fourth-order valence-corrected chi connectivity index (χ4v) is 4.38. The van der Waals surface area contributed by atoms with Gasteiger partial charge in [-0.3, -0.25) is 0 Å². The molecule has 0 aliphatic heterocycles. The summed E-state index contributed by atoms with van der Waals surface area (Å²) in [6, 6.07) is 26.4. The summed E-state index contributed by atoms with van der Waals surface area (Å²) in [5.41, 5.74) is 4.04. The molecule has 3 aromatic carbocycles. The van der Waals surface area contributed by atoms with Crippen molar-refractivity contribution in [2.45, 2.75) is 18.2 Å². The van der Waals surface area contributed by atoms with Crippen LogP contribution in [0.1, 0.15) is 11.3 Å². The molecule has 0 aliphatic carbocycles. The van der Waals surface area contributed by atoms with E-state index in [-0.39, 0.29) is 12.4 Å². The van der Waals surface area contributed by atoms with Crippen molar-refractivity contribution in [1.29, 1.82) is 0 Å². The van der Waals surface area contributed by atoms with Crippen molar-refractivity contribution in [3.63, 3.8) is 0 Å². The van der Waals surface area contributed by atoms with Crippen molar-refractivity contribution in [2.24, 2.45) is 0 Å². The van der Waals surface area contributed by atoms with Crippen LogP contribution in [-0.2, 0) is 13.1 Å². The topological polar surface area (TPSA) is 86.3 Å². The van der Waals surface area contributed by atoms with Gasteiger partial charge in [-0.1, -0.05) is 78.5 Å². The maximum Gasteiger partial charge on any atom is 0.214 e. The molecule has 2 heterocycles. The number of hydrogen-bond donors (Lipinski definition) is 1. The summed E-state index contributed by atoms with van der Waals surface area (Å²) in [6.45, 7) is 1.52. The Balaban J connectivity index is 1.23. The fraction of sp³-hybridized carbons (Fsp3) is 0.160. The van der Waals surface area contributed by atoms with Crippen molar-refractivity contribution in [2.75, 3.05) is 12.3 Å². The van der Waals surface area contributed by atoms with Crippen LogP contribution in [0.4, 0.5) is 4.39 Å². The summed E-state index contributed by atoms with van der Waals surface area (Å²) in [7, 11) is 0. The minimum absolute atomic E-state index is 0.263. The normalized spacial score (nSPS) is 11.1. The minimum atomic E-state index is -0.263. The third kappa shape index (κ3) is 5.61. The minimum Gasteiger partial charge on any atom is -0.310 e. The molecule has 1 N–H and O–H groups in total. The molecule has 10 heteroatoms. The zero-order valence-corrected chi connectivity index (χ0v) is 19.6. The van der Waals surface area contributed by atoms with Crippen LogP contribution in [0, 0.1) is 5.82 Å². The van der Waals surface area contributed by atoms with Crippen molar-refractivity contribution in [3.8, 4) is 16.9 Å². The molecular weight excluding hydrogens is 463 g/mol. The van der Waals surface area contributed by atoms with E-state index in [2.05, 4.69) is 31.0 Å². The Bertz CT molecular complexity index is 1370. The van der Waals surface area contributed by atoms with Gasteiger partial charge in [-0.25, -0.2) is 4.39 Å². The van der Waals surface area contributed by atoms with E-state index in [9.17, 15) is 4.39 Å². The first-order valence-corrected chi connectivity index (χ1v) is 12.2. The van der Waals surface area contributed by atoms with Gasteiger partial charge in [0, 0.05) is 30.0 Å². The van der Waals surface area contributed by atoms with Crippen LogP contribution in [0.25, 0.3) is 16.9 Å². The first kappa shape index (κ1) is 22.9. The zero-order chi connectivity index (χ0) is 23.9. The van der Waals surface area contributed by atoms with Crippen LogP contribution in [-0.4, -0.2) is 47.5 Å². The number of aromatic nitrogens is 7. The molecule has 5 aromatic rings. The number of rotatable bonds is 10. The lowest BCUT2D eigenvalue weighted by Crippen LogP contribution is -2.18. The molecule has 8 nitrogen and oxygen atoms in total. The van der Waals surface area contributed by atoms with E-state index in [0.29, 0.717) is 12.1 Å². The SMILES string of the molecule is Fc1ccccc1Cn1nc(CNCCSc2nnnn2-c2ccccc2)c(-c2ccccc2)n1. The third-order valence-electron chi connectivity index (χ3n) is 5.29. The summed E-state index contributed by atoms with van der Waals surface area (Å²) in [4.78, 5) is 1.56. The monoisotopic (exact) mass is 486 g/mol. The van der Waals surface area contributed by atoms with E-state index in [1.807, 2.05) is 66.7 Å². The van der Waals surface area contributed by atoms with E-state index in [1.54, 1.807) is 33.4 Å². The van der Waals surface area contributed by atoms with Gasteiger partial charge in [0.05, 0.1) is 12.2 Å². The smallest absolute Gasteiger partial charge is 0.214 e. The Morgan fingerprint density at radius 2 is 1.60 bits per heavy atom. The second-order valence-corrected chi connectivity index (χ2v) is 8.78. The highest BCUT2D eigenvalue weighted by molar-refractivity contribution is 7.99. The van der Waals surface area contributed by atoms with Gasteiger partial charge in [-0.15, -0.1) is 5.10 Å². The van der Waals surface area contributed by atoms with Crippen LogP contribution < -0.4 is 5.32 Å². The van der Waals surface area contributed by atoms with E-state index in [1.165, 1.54) is 6.07 Å². The maximum absolute atomic E-state index is 14.1. The molecule has 2 aromatic heterocycles. The van der Waals surface area contributed by atoms with Gasteiger partial charge in [0.2, 0.25) is 5.16 Å². The van der Waals surface area contributed by atoms with Gasteiger partial charge < -0.3 is 5.32 Å². The highest BCUT2D eigenvalue weighted by Crippen LogP contribution is 2.21. The molecule has 5 rings (SSSR count). The lowest BCUT2D eigenvalue weighted by atomic mass is 10.1. The van der Waals surface area contributed by atoms with Crippen LogP contribution >= 0.6 is 11.8 Å². The van der Waals surface area contributed by atoms with Crippen molar-refractivity contribution in [3.05, 3.63) is 102 Å². The van der Waals surface area contributed by atoms with E-state index in [4.69, 9.17) is 0 Å². The van der Waals surface area contributed by atoms with Gasteiger partial charge in [-0.2, -0.15) is 19.7 Å². The van der Waals surface area contributed by atoms with Gasteiger partial charge in [0.1, 0.15) is 17.2 Å². The average Bonchev–Trinajstić information content (AvgIpc) is 3.53. The van der Waals surface area contributed by atoms with Crippen molar-refractivity contribution in [1.82, 2.24) is 40.5 Å². The average molecular weight is 487 g/mol. The lowest BCUT2D eigenvalue weighted by Gasteiger charge is -2.05. The molecule has 0 bridgehead atoms. The Hall–Kier alpha value is -3.89. The Kier molecular flexibility index (Phi) is 7.21. The second kappa shape index (κ2) is 11.0. The standard InChI is InChI=1S/C25H23FN8S/c26-22-14-8-7-11-20(22)18-33-29-23(24(30-33)19-9-3-1-4-10-19)17-27-15-16-35-25-28-31-32-34(25)21-12-5-2-6-13-21/h1-14,27H,15-18H2. The molecule has 0 amide bonds. The number of benzene rings is 3. The van der Waals surface area contributed by atoms with Crippen molar-refractivity contribution < 1.29 is 4.39 Å². The van der Waals surface area contributed by atoms with Gasteiger partial charge in [0.15, 0.2) is 0 Å². The lowest BCUT2D eigenvalue weighted by molar-refractivity contribution is 0.544. The molecule has 176 valence electrons. The molecule has 0 atom stereocenters. The predicted octanol–water partition coefficient (Wildman–Crippen LogP) is 3.99. The molecule has 0 saturated heterocycles. The number of hydrogen-bond acceptors (Lipinski definition) is 7. The summed E-state index contributed by atoms with van der Waals surface area (Å²) in [6.07, 6.45) is 0. The van der Waals surface area contributed by atoms with E-state index >= 15 is 0 Å². The largest absolute Gasteiger partial charge is 0.310 e. The van der Waals surface area contributed by atoms with Crippen LogP contribution in [0.3, 0.4) is 0 Å². The highest BCUT2D eigenvalue weighted by Gasteiger charge is 2.14. The Labute approximate surface area is 206 Å². The molecule has 0 radical (unpaired) electrons. The molecular formula is C25H23FN8S. The zero-order valence-electron chi connectivity index (χ0n) is 18.8. The van der Waals surface area contributed by atoms with Crippen LogP contribution in [0.2, 0.25) is 0 Å². The van der Waals surface area contributed by atoms with E-state index < -0.39 is 0 Å². The van der Waals surface area contributed by atoms with Gasteiger partial charge in [0.25, 0.3) is 0 Å². The molecule has 35 heavy (non-hydrogen) atoms. The second-order valence-electron chi connectivity index (χ2n) is 7.72. The summed E-state index contributed by atoms with van der Waals surface area (Å²) >= 11 is 1.57. The summed E-state index contributed by atoms with van der Waals surface area (Å²) < 4.78 is 15.9. The maximum atomic E-state index is 14.1. The van der Waals surface area contributed by atoms with Gasteiger partial charge >= 0.3 is 0 Å². The number of halogens is 1. The van der Waals surface area contributed by atoms with Gasteiger partial charge in [-0.05, 0) is 28.6 Å². The van der Waals surface area contributed by atoms with Crippen LogP contribution in [0.15, 0.2) is 90.1 Å². The van der Waals surface area contributed by atoms with E-state index in [0.717, 1.165) is 40.1 Å². The third-order valence-corrected chi connectivity index (χ3v) is 6.21. The number of thioether (sulfide) groups is 1. The molecule has 0 aliphatic rings. The number of nitrogens with one attached hydrogen (secondary N) is 1. The fourth-order valence-electron chi connectivity index (χ4n) is 3.59. The van der Waals surface area contributed by atoms with Crippen LogP contribution in [0.5, 0.6) is 0 Å². The quantitative estimate of drug-likeness (QED) is 0.236. The summed E-state index contributed by atoms with van der Waals surface area (Å²) in [5, 5.41) is 25.5. The molecule has 0 unspecified atom stereocenters. The Morgan fingerprint density at radius 3 is 2.40 bits per heavy atom. The molecule has 0 spiro atoms. The number of tetrazole rings is 1. The first-order valence-electron chi connectivity index (χ1n) is 11.2. The number of nitrogens with zero attached hydrogens (tertiary/aromatic N) is 7. The Morgan fingerprint density at radius 1 is 0.857 bits per heavy atom. The number of para-hydroxylation sites is 1. The molecule has 0 fully saturated rings. The summed E-state index contributed by atoms with van der Waals surface area (Å²) in [5.74, 6) is 0.512. The first-order chi connectivity index (χ1) is 17.3. The highest BCUT2D eigenvalue weighted by atomic mass is 32.2. The molecule has 0 saturated carbocycles. The van der Waals surface area contributed by atoms with Crippen molar-refractivity contribution >= 4 is 11.8 Å².